The highest BCUT2D eigenvalue weighted by molar-refractivity contribution is 5.94. The van der Waals surface area contributed by atoms with Crippen LogP contribution in [-0.4, -0.2) is 44.9 Å². The van der Waals surface area contributed by atoms with Crippen LogP contribution in [0.15, 0.2) is 36.4 Å². The van der Waals surface area contributed by atoms with Crippen LogP contribution in [0.4, 0.5) is 0 Å². The molecule has 0 atom stereocenters. The van der Waals surface area contributed by atoms with Gasteiger partial charge in [0.15, 0.2) is 18.1 Å². The van der Waals surface area contributed by atoms with Gasteiger partial charge in [0.1, 0.15) is 5.75 Å². The minimum Gasteiger partial charge on any atom is -0.493 e. The highest BCUT2D eigenvalue weighted by atomic mass is 16.5. The molecule has 27 heavy (non-hydrogen) atoms. The highest BCUT2D eigenvalue weighted by Crippen LogP contribution is 2.39. The Morgan fingerprint density at radius 3 is 2.37 bits per heavy atom. The summed E-state index contributed by atoms with van der Waals surface area (Å²) in [6.07, 6.45) is 0. The van der Waals surface area contributed by atoms with Gasteiger partial charge in [-0.1, -0.05) is 6.07 Å². The maximum atomic E-state index is 12.4. The quantitative estimate of drug-likeness (QED) is 0.692. The van der Waals surface area contributed by atoms with Crippen LogP contribution in [0.25, 0.3) is 0 Å². The normalized spacial score (nSPS) is 10.0. The largest absolute Gasteiger partial charge is 0.493 e. The van der Waals surface area contributed by atoms with Crippen LogP contribution in [0, 0.1) is 0 Å². The minimum atomic E-state index is -1.09. The summed E-state index contributed by atoms with van der Waals surface area (Å²) in [4.78, 5) is 23.0. The molecule has 0 aliphatic heterocycles. The third-order valence-electron chi connectivity index (χ3n) is 3.68. The number of ether oxygens (including phenoxy) is 4. The molecule has 0 bridgehead atoms. The first-order valence-electron chi connectivity index (χ1n) is 8.00. The summed E-state index contributed by atoms with van der Waals surface area (Å²) in [7, 11) is 4.54. The first-order valence-corrected chi connectivity index (χ1v) is 8.00. The topological polar surface area (TPSA) is 103 Å². The van der Waals surface area contributed by atoms with Crippen molar-refractivity contribution in [1.82, 2.24) is 5.32 Å². The SMILES string of the molecule is COc1ccc(CNC(=O)c2cccc(OCC(=O)O)c2)c(OC)c1OC. The van der Waals surface area contributed by atoms with E-state index >= 15 is 0 Å². The molecule has 0 saturated carbocycles. The zero-order valence-corrected chi connectivity index (χ0v) is 15.3. The minimum absolute atomic E-state index is 0.197. The second-order valence-electron chi connectivity index (χ2n) is 5.39. The number of carboxylic acids is 1. The van der Waals surface area contributed by atoms with Gasteiger partial charge in [0.05, 0.1) is 21.3 Å². The second kappa shape index (κ2) is 9.33. The van der Waals surface area contributed by atoms with Crippen molar-refractivity contribution in [2.45, 2.75) is 6.54 Å². The molecular weight excluding hydrogens is 354 g/mol. The van der Waals surface area contributed by atoms with Gasteiger partial charge < -0.3 is 29.4 Å². The second-order valence-corrected chi connectivity index (χ2v) is 5.39. The first-order chi connectivity index (χ1) is 13.0. The molecule has 8 nitrogen and oxygen atoms in total. The van der Waals surface area contributed by atoms with E-state index in [0.717, 1.165) is 0 Å². The van der Waals surface area contributed by atoms with E-state index in [0.29, 0.717) is 34.1 Å². The zero-order valence-electron chi connectivity index (χ0n) is 15.3. The summed E-state index contributed by atoms with van der Waals surface area (Å²) in [6, 6.07) is 9.77. The Morgan fingerprint density at radius 2 is 1.74 bits per heavy atom. The van der Waals surface area contributed by atoms with Crippen molar-refractivity contribution in [2.24, 2.45) is 0 Å². The lowest BCUT2D eigenvalue weighted by molar-refractivity contribution is -0.139. The smallest absolute Gasteiger partial charge is 0.341 e. The molecule has 2 N–H and O–H groups in total. The summed E-state index contributed by atoms with van der Waals surface area (Å²) in [6.45, 7) is -0.281. The molecule has 2 rings (SSSR count). The van der Waals surface area contributed by atoms with Crippen LogP contribution in [0.5, 0.6) is 23.0 Å². The van der Waals surface area contributed by atoms with Crippen molar-refractivity contribution in [2.75, 3.05) is 27.9 Å². The van der Waals surface area contributed by atoms with Crippen molar-refractivity contribution >= 4 is 11.9 Å². The Hall–Kier alpha value is -3.42. The van der Waals surface area contributed by atoms with Crippen LogP contribution in [0.1, 0.15) is 15.9 Å². The third-order valence-corrected chi connectivity index (χ3v) is 3.68. The van der Waals surface area contributed by atoms with Gasteiger partial charge in [0.25, 0.3) is 5.91 Å². The average Bonchev–Trinajstić information content (AvgIpc) is 2.69. The first kappa shape index (κ1) is 19.9. The molecule has 0 radical (unpaired) electrons. The average molecular weight is 375 g/mol. The molecule has 0 spiro atoms. The predicted molar refractivity (Wildman–Crippen MR) is 96.8 cm³/mol. The molecule has 8 heteroatoms. The molecular formula is C19H21NO7. The van der Waals surface area contributed by atoms with E-state index in [9.17, 15) is 9.59 Å². The lowest BCUT2D eigenvalue weighted by atomic mass is 10.1. The number of nitrogens with one attached hydrogen (secondary N) is 1. The molecule has 2 aromatic rings. The fourth-order valence-electron chi connectivity index (χ4n) is 2.45. The van der Waals surface area contributed by atoms with Gasteiger partial charge in [0, 0.05) is 17.7 Å². The van der Waals surface area contributed by atoms with E-state index in [-0.39, 0.29) is 12.5 Å². The molecule has 0 aliphatic carbocycles. The lowest BCUT2D eigenvalue weighted by Crippen LogP contribution is -2.23. The number of methoxy groups -OCH3 is 3. The Kier molecular flexibility index (Phi) is 6.87. The number of rotatable bonds is 9. The number of amides is 1. The third kappa shape index (κ3) is 5.04. The van der Waals surface area contributed by atoms with Gasteiger partial charge in [-0.25, -0.2) is 4.79 Å². The predicted octanol–water partition coefficient (Wildman–Crippen LogP) is 2.11. The molecule has 0 aliphatic rings. The molecule has 0 saturated heterocycles. The Balaban J connectivity index is 2.11. The fraction of sp³-hybridized carbons (Fsp3) is 0.263. The lowest BCUT2D eigenvalue weighted by Gasteiger charge is -2.16. The summed E-state index contributed by atoms with van der Waals surface area (Å²) in [5.74, 6) is 0.297. The number of carbonyl (C=O) groups excluding carboxylic acids is 1. The van der Waals surface area contributed by atoms with Gasteiger partial charge >= 0.3 is 5.97 Å². The van der Waals surface area contributed by atoms with Crippen molar-refractivity contribution in [3.8, 4) is 23.0 Å². The van der Waals surface area contributed by atoms with Crippen LogP contribution in [-0.2, 0) is 11.3 Å². The number of hydrogen-bond donors (Lipinski definition) is 2. The molecule has 2 aromatic carbocycles. The number of benzene rings is 2. The van der Waals surface area contributed by atoms with Crippen LogP contribution >= 0.6 is 0 Å². The van der Waals surface area contributed by atoms with Crippen molar-refractivity contribution in [3.05, 3.63) is 47.5 Å². The van der Waals surface area contributed by atoms with E-state index in [2.05, 4.69) is 5.32 Å². The van der Waals surface area contributed by atoms with Gasteiger partial charge in [-0.2, -0.15) is 0 Å². The van der Waals surface area contributed by atoms with Crippen molar-refractivity contribution < 1.29 is 33.6 Å². The molecule has 0 fully saturated rings. The van der Waals surface area contributed by atoms with E-state index < -0.39 is 12.6 Å². The molecule has 144 valence electrons. The van der Waals surface area contributed by atoms with E-state index in [4.69, 9.17) is 24.1 Å². The molecule has 0 unspecified atom stereocenters. The monoisotopic (exact) mass is 375 g/mol. The molecule has 0 heterocycles. The maximum Gasteiger partial charge on any atom is 0.341 e. The summed E-state index contributed by atoms with van der Waals surface area (Å²) in [5.41, 5.74) is 1.05. The van der Waals surface area contributed by atoms with Gasteiger partial charge in [-0.05, 0) is 30.3 Å². The molecule has 1 amide bonds. The standard InChI is InChI=1S/C19H21NO7/c1-24-15-8-7-13(17(25-2)18(15)26-3)10-20-19(23)12-5-4-6-14(9-12)27-11-16(21)22/h4-9H,10-11H2,1-3H3,(H,20,23)(H,21,22). The number of aliphatic carboxylic acids is 1. The van der Waals surface area contributed by atoms with Crippen LogP contribution in [0.3, 0.4) is 0 Å². The Morgan fingerprint density at radius 1 is 1.00 bits per heavy atom. The van der Waals surface area contributed by atoms with Crippen LogP contribution in [0.2, 0.25) is 0 Å². The van der Waals surface area contributed by atoms with E-state index in [1.807, 2.05) is 0 Å². The van der Waals surface area contributed by atoms with Crippen LogP contribution < -0.4 is 24.3 Å². The maximum absolute atomic E-state index is 12.4. The highest BCUT2D eigenvalue weighted by Gasteiger charge is 2.16. The summed E-state index contributed by atoms with van der Waals surface area (Å²) < 4.78 is 21.0. The Labute approximate surface area is 156 Å². The Bertz CT molecular complexity index is 820. The van der Waals surface area contributed by atoms with Gasteiger partial charge in [0.2, 0.25) is 5.75 Å². The number of hydrogen-bond acceptors (Lipinski definition) is 6. The van der Waals surface area contributed by atoms with Crippen molar-refractivity contribution in [3.63, 3.8) is 0 Å². The van der Waals surface area contributed by atoms with Crippen molar-refractivity contribution in [1.29, 1.82) is 0 Å². The van der Waals surface area contributed by atoms with E-state index in [1.54, 1.807) is 30.3 Å². The summed E-state index contributed by atoms with van der Waals surface area (Å²) in [5, 5.41) is 11.4. The van der Waals surface area contributed by atoms with Gasteiger partial charge in [-0.3, -0.25) is 4.79 Å². The van der Waals surface area contributed by atoms with E-state index in [1.165, 1.54) is 27.4 Å². The fourth-order valence-corrected chi connectivity index (χ4v) is 2.45. The summed E-state index contributed by atoms with van der Waals surface area (Å²) >= 11 is 0. The molecule has 0 aromatic heterocycles. The van der Waals surface area contributed by atoms with Gasteiger partial charge in [-0.15, -0.1) is 0 Å². The number of carboxylic acid groups (broad SMARTS) is 1. The zero-order chi connectivity index (χ0) is 19.8. The number of carbonyl (C=O) groups is 2.